The second-order valence-electron chi connectivity index (χ2n) is 5.69. The van der Waals surface area contributed by atoms with Crippen molar-refractivity contribution in [3.8, 4) is 0 Å². The predicted molar refractivity (Wildman–Crippen MR) is 83.0 cm³/mol. The Morgan fingerprint density at radius 2 is 2.04 bits per heavy atom. The monoisotopic (exact) mass is 389 g/mol. The lowest BCUT2D eigenvalue weighted by Crippen LogP contribution is -2.50. The van der Waals surface area contributed by atoms with Gasteiger partial charge in [-0.2, -0.15) is 13.2 Å². The molecular weight excluding hydrogens is 375 g/mol. The molecule has 3 nitrogen and oxygen atoms in total. The first-order valence-electron chi connectivity index (χ1n) is 7.41. The van der Waals surface area contributed by atoms with Crippen molar-refractivity contribution in [1.82, 2.24) is 4.90 Å². The first-order chi connectivity index (χ1) is 10.9. The molecule has 1 aromatic heterocycles. The number of alkyl halides is 3. The molecule has 124 valence electrons. The molecule has 7 heteroatoms. The van der Waals surface area contributed by atoms with Gasteiger partial charge < -0.3 is 9.32 Å². The van der Waals surface area contributed by atoms with Crippen LogP contribution in [0.15, 0.2) is 33.2 Å². The van der Waals surface area contributed by atoms with Crippen molar-refractivity contribution in [3.05, 3.63) is 34.5 Å². The molecule has 0 bridgehead atoms. The lowest BCUT2D eigenvalue weighted by Gasteiger charge is -2.35. The minimum absolute atomic E-state index is 0.140. The summed E-state index contributed by atoms with van der Waals surface area (Å²) >= 11 is 3.46. The fraction of sp³-hybridized carbons (Fsp3) is 0.438. The van der Waals surface area contributed by atoms with Crippen molar-refractivity contribution in [2.75, 3.05) is 6.54 Å². The summed E-state index contributed by atoms with van der Waals surface area (Å²) in [5, 5.41) is 0.881. The average Bonchev–Trinajstić information content (AvgIpc) is 2.83. The van der Waals surface area contributed by atoms with Crippen LogP contribution in [0.4, 0.5) is 13.2 Å². The van der Waals surface area contributed by atoms with Crippen molar-refractivity contribution in [2.24, 2.45) is 0 Å². The van der Waals surface area contributed by atoms with Crippen LogP contribution in [-0.4, -0.2) is 29.6 Å². The SMILES string of the molecule is O=C(N1CCCCC1Cc1oc2ccccc2c1Br)C(F)(F)F. The van der Waals surface area contributed by atoms with Gasteiger partial charge in [0.25, 0.3) is 0 Å². The van der Waals surface area contributed by atoms with Gasteiger partial charge in [-0.05, 0) is 47.3 Å². The number of rotatable bonds is 2. The van der Waals surface area contributed by atoms with Crippen LogP contribution in [0.2, 0.25) is 0 Å². The molecule has 0 radical (unpaired) electrons. The maximum atomic E-state index is 12.8. The molecule has 0 saturated carbocycles. The van der Waals surface area contributed by atoms with E-state index in [0.29, 0.717) is 24.2 Å². The number of carbonyl (C=O) groups is 1. The number of para-hydroxylation sites is 1. The van der Waals surface area contributed by atoms with E-state index in [0.717, 1.165) is 21.2 Å². The molecule has 1 aliphatic heterocycles. The van der Waals surface area contributed by atoms with E-state index in [1.54, 1.807) is 0 Å². The Morgan fingerprint density at radius 1 is 1.30 bits per heavy atom. The summed E-state index contributed by atoms with van der Waals surface area (Å²) in [7, 11) is 0. The molecular formula is C16H15BrF3NO2. The van der Waals surface area contributed by atoms with Gasteiger partial charge in [0.05, 0.1) is 4.47 Å². The van der Waals surface area contributed by atoms with Gasteiger partial charge in [-0.25, -0.2) is 0 Å². The van der Waals surface area contributed by atoms with Gasteiger partial charge in [0.1, 0.15) is 11.3 Å². The number of hydrogen-bond acceptors (Lipinski definition) is 2. The maximum absolute atomic E-state index is 12.8. The highest BCUT2D eigenvalue weighted by Gasteiger charge is 2.45. The third-order valence-electron chi connectivity index (χ3n) is 4.15. The summed E-state index contributed by atoms with van der Waals surface area (Å²) in [6.07, 6.45) is -2.60. The molecule has 2 aromatic rings. The van der Waals surface area contributed by atoms with E-state index >= 15 is 0 Å². The first kappa shape index (κ1) is 16.4. The van der Waals surface area contributed by atoms with Gasteiger partial charge in [0.15, 0.2) is 0 Å². The summed E-state index contributed by atoms with van der Waals surface area (Å²) in [6, 6.07) is 6.90. The molecule has 1 amide bonds. The molecule has 23 heavy (non-hydrogen) atoms. The lowest BCUT2D eigenvalue weighted by atomic mass is 9.98. The number of amides is 1. The number of benzene rings is 1. The summed E-state index contributed by atoms with van der Waals surface area (Å²) in [4.78, 5) is 12.6. The van der Waals surface area contributed by atoms with Crippen LogP contribution >= 0.6 is 15.9 Å². The summed E-state index contributed by atoms with van der Waals surface area (Å²) in [5.41, 5.74) is 0.680. The van der Waals surface area contributed by atoms with Gasteiger partial charge in [-0.1, -0.05) is 12.1 Å². The fourth-order valence-corrected chi connectivity index (χ4v) is 3.62. The van der Waals surface area contributed by atoms with Crippen molar-refractivity contribution in [1.29, 1.82) is 0 Å². The third-order valence-corrected chi connectivity index (χ3v) is 5.02. The molecule has 1 saturated heterocycles. The molecule has 0 N–H and O–H groups in total. The van der Waals surface area contributed by atoms with Crippen molar-refractivity contribution in [3.63, 3.8) is 0 Å². The average molecular weight is 390 g/mol. The Balaban J connectivity index is 1.86. The maximum Gasteiger partial charge on any atom is 0.471 e. The highest BCUT2D eigenvalue weighted by molar-refractivity contribution is 9.10. The summed E-state index contributed by atoms with van der Waals surface area (Å²) in [6.45, 7) is 0.140. The Kier molecular flexibility index (Phi) is 4.40. The highest BCUT2D eigenvalue weighted by atomic mass is 79.9. The number of fused-ring (bicyclic) bond motifs is 1. The number of piperidine rings is 1. The molecule has 1 unspecified atom stereocenters. The fourth-order valence-electron chi connectivity index (χ4n) is 3.05. The predicted octanol–water partition coefficient (Wildman–Crippen LogP) is 4.68. The van der Waals surface area contributed by atoms with Crippen LogP contribution < -0.4 is 0 Å². The molecule has 0 spiro atoms. The van der Waals surface area contributed by atoms with Gasteiger partial charge in [-0.3, -0.25) is 4.79 Å². The zero-order chi connectivity index (χ0) is 16.6. The second kappa shape index (κ2) is 6.19. The Labute approximate surface area is 139 Å². The number of likely N-dealkylation sites (tertiary alicyclic amines) is 1. The largest absolute Gasteiger partial charge is 0.471 e. The van der Waals surface area contributed by atoms with Gasteiger partial charge in [-0.15, -0.1) is 0 Å². The van der Waals surface area contributed by atoms with Gasteiger partial charge in [0.2, 0.25) is 0 Å². The van der Waals surface area contributed by atoms with E-state index in [9.17, 15) is 18.0 Å². The molecule has 1 aliphatic rings. The minimum atomic E-state index is -4.83. The van der Waals surface area contributed by atoms with Gasteiger partial charge >= 0.3 is 12.1 Å². The molecule has 3 rings (SSSR count). The van der Waals surface area contributed by atoms with E-state index in [1.165, 1.54) is 0 Å². The van der Waals surface area contributed by atoms with Gasteiger partial charge in [0, 0.05) is 24.4 Å². The number of carbonyl (C=O) groups excluding carboxylic acids is 1. The van der Waals surface area contributed by atoms with E-state index in [1.807, 2.05) is 24.3 Å². The topological polar surface area (TPSA) is 33.5 Å². The van der Waals surface area contributed by atoms with Crippen LogP contribution in [0.1, 0.15) is 25.0 Å². The molecule has 2 heterocycles. The third kappa shape index (κ3) is 3.24. The summed E-state index contributed by atoms with van der Waals surface area (Å²) < 4.78 is 44.8. The lowest BCUT2D eigenvalue weighted by molar-refractivity contribution is -0.189. The van der Waals surface area contributed by atoms with Crippen LogP contribution in [-0.2, 0) is 11.2 Å². The zero-order valence-electron chi connectivity index (χ0n) is 12.2. The van der Waals surface area contributed by atoms with Crippen molar-refractivity contribution in [2.45, 2.75) is 37.9 Å². The van der Waals surface area contributed by atoms with E-state index in [2.05, 4.69) is 15.9 Å². The first-order valence-corrected chi connectivity index (χ1v) is 8.21. The van der Waals surface area contributed by atoms with Crippen LogP contribution in [0.25, 0.3) is 11.0 Å². The Bertz CT molecular complexity index is 726. The van der Waals surface area contributed by atoms with Crippen molar-refractivity contribution >= 4 is 32.8 Å². The van der Waals surface area contributed by atoms with Crippen LogP contribution in [0, 0.1) is 0 Å². The van der Waals surface area contributed by atoms with Crippen LogP contribution in [0.3, 0.4) is 0 Å². The molecule has 1 aromatic carbocycles. The normalized spacial score (nSPS) is 19.3. The number of furan rings is 1. The zero-order valence-corrected chi connectivity index (χ0v) is 13.8. The summed E-state index contributed by atoms with van der Waals surface area (Å²) in [5.74, 6) is -1.17. The smallest absolute Gasteiger partial charge is 0.460 e. The van der Waals surface area contributed by atoms with Crippen molar-refractivity contribution < 1.29 is 22.4 Å². The van der Waals surface area contributed by atoms with E-state index in [-0.39, 0.29) is 13.0 Å². The number of nitrogens with zero attached hydrogens (tertiary/aromatic N) is 1. The second-order valence-corrected chi connectivity index (χ2v) is 6.48. The quantitative estimate of drug-likeness (QED) is 0.746. The highest BCUT2D eigenvalue weighted by Crippen LogP contribution is 2.34. The Hall–Kier alpha value is -1.50. The van der Waals surface area contributed by atoms with Crippen LogP contribution in [0.5, 0.6) is 0 Å². The minimum Gasteiger partial charge on any atom is -0.460 e. The van der Waals surface area contributed by atoms with E-state index < -0.39 is 18.1 Å². The standard InChI is InChI=1S/C16H15BrF3NO2/c17-14-11-6-1-2-7-12(11)23-13(14)9-10-5-3-4-8-21(10)15(22)16(18,19)20/h1-2,6-7,10H,3-5,8-9H2. The molecule has 0 aliphatic carbocycles. The number of hydrogen-bond donors (Lipinski definition) is 0. The molecule has 1 atom stereocenters. The number of halogens is 4. The Morgan fingerprint density at radius 3 is 2.74 bits per heavy atom. The molecule has 1 fully saturated rings. The van der Waals surface area contributed by atoms with E-state index in [4.69, 9.17) is 4.42 Å².